The fourth-order valence-electron chi connectivity index (χ4n) is 6.48. The Morgan fingerprint density at radius 2 is 1.89 bits per heavy atom. The van der Waals surface area contributed by atoms with E-state index in [9.17, 15) is 9.59 Å². The van der Waals surface area contributed by atoms with Gasteiger partial charge >= 0.3 is 0 Å². The normalized spacial score (nSPS) is 22.5. The van der Waals surface area contributed by atoms with Gasteiger partial charge in [-0.1, -0.05) is 32.9 Å². The van der Waals surface area contributed by atoms with Gasteiger partial charge < -0.3 is 19.7 Å². The fraction of sp³-hybridized carbons (Fsp3) is 0.464. The van der Waals surface area contributed by atoms with E-state index in [0.29, 0.717) is 34.0 Å². The molecule has 5 rings (SSSR count). The van der Waals surface area contributed by atoms with Gasteiger partial charge in [0.05, 0.1) is 30.9 Å². The first-order valence-corrected chi connectivity index (χ1v) is 12.4. The van der Waals surface area contributed by atoms with Crippen molar-refractivity contribution >= 4 is 28.4 Å². The topological polar surface area (TPSA) is 85.7 Å². The monoisotopic (exact) mass is 490 g/mol. The number of hydrogen-bond donors (Lipinski definition) is 1. The van der Waals surface area contributed by atoms with Crippen LogP contribution >= 0.6 is 0 Å². The molecule has 1 saturated carbocycles. The van der Waals surface area contributed by atoms with Crippen molar-refractivity contribution in [2.45, 2.75) is 52.6 Å². The van der Waals surface area contributed by atoms with Gasteiger partial charge in [0.15, 0.2) is 5.82 Å². The molecule has 2 fully saturated rings. The Hall–Kier alpha value is -3.55. The first kappa shape index (κ1) is 24.2. The minimum Gasteiger partial charge on any atom is -0.497 e. The highest BCUT2D eigenvalue weighted by molar-refractivity contribution is 5.93. The first-order valence-electron chi connectivity index (χ1n) is 12.4. The molecule has 36 heavy (non-hydrogen) atoms. The Morgan fingerprint density at radius 3 is 2.64 bits per heavy atom. The Balaban J connectivity index is 1.51. The number of ether oxygens (including phenoxy) is 2. The van der Waals surface area contributed by atoms with Gasteiger partial charge in [-0.05, 0) is 54.4 Å². The lowest BCUT2D eigenvalue weighted by Gasteiger charge is -2.39. The second-order valence-electron chi connectivity index (χ2n) is 11.3. The molecule has 2 atom stereocenters. The molecule has 0 spiro atoms. The van der Waals surface area contributed by atoms with Crippen LogP contribution in [0.3, 0.4) is 0 Å². The zero-order chi connectivity index (χ0) is 25.7. The maximum Gasteiger partial charge on any atom is 0.294 e. The van der Waals surface area contributed by atoms with Crippen LogP contribution in [0.5, 0.6) is 11.5 Å². The second kappa shape index (κ2) is 8.84. The summed E-state index contributed by atoms with van der Waals surface area (Å²) in [5, 5.41) is 2.88. The standard InChI is InChI=1S/C28H34N4O4/c1-27(2)13-18-14-28(3,16-27)17-32(18)25-26(34)31(22-9-7-6-8-20(22)30-25)15-24(33)29-21-12-19(35-4)10-11-23(21)36-5/h6-12,18H,13-17H2,1-5H3,(H,29,33). The minimum atomic E-state index is -0.334. The van der Waals surface area contributed by atoms with Gasteiger partial charge in [0.1, 0.15) is 18.0 Å². The average Bonchev–Trinajstić information content (AvgIpc) is 3.08. The largest absolute Gasteiger partial charge is 0.497 e. The van der Waals surface area contributed by atoms with Gasteiger partial charge in [0.2, 0.25) is 5.91 Å². The highest BCUT2D eigenvalue weighted by Crippen LogP contribution is 2.53. The SMILES string of the molecule is COc1ccc(OC)c(NC(=O)Cn2c(=O)c(N3CC4(C)CC3CC(C)(C)C4)nc3ccccc32)c1. The van der Waals surface area contributed by atoms with Crippen LogP contribution in [0, 0.1) is 10.8 Å². The smallest absolute Gasteiger partial charge is 0.294 e. The summed E-state index contributed by atoms with van der Waals surface area (Å²) in [5.41, 5.74) is 1.94. The van der Waals surface area contributed by atoms with E-state index in [2.05, 4.69) is 31.0 Å². The molecular formula is C28H34N4O4. The maximum atomic E-state index is 13.9. The molecule has 1 aliphatic heterocycles. The molecule has 1 N–H and O–H groups in total. The Kier molecular flexibility index (Phi) is 5.93. The van der Waals surface area contributed by atoms with Crippen LogP contribution in [-0.2, 0) is 11.3 Å². The van der Waals surface area contributed by atoms with Gasteiger partial charge in [-0.3, -0.25) is 14.2 Å². The molecular weight excluding hydrogens is 456 g/mol. The summed E-state index contributed by atoms with van der Waals surface area (Å²) in [6.07, 6.45) is 3.20. The number of benzene rings is 2. The molecule has 190 valence electrons. The third-order valence-corrected chi connectivity index (χ3v) is 7.50. The van der Waals surface area contributed by atoms with Crippen LogP contribution in [0.1, 0.15) is 40.0 Å². The number of nitrogens with zero attached hydrogens (tertiary/aromatic N) is 3. The highest BCUT2D eigenvalue weighted by Gasteiger charge is 2.50. The summed E-state index contributed by atoms with van der Waals surface area (Å²) in [4.78, 5) is 34.1. The summed E-state index contributed by atoms with van der Waals surface area (Å²) >= 11 is 0. The van der Waals surface area contributed by atoms with Gasteiger partial charge in [-0.25, -0.2) is 4.98 Å². The summed E-state index contributed by atoms with van der Waals surface area (Å²) in [6.45, 7) is 7.59. The van der Waals surface area contributed by atoms with Crippen LogP contribution < -0.4 is 25.2 Å². The number of nitrogens with one attached hydrogen (secondary N) is 1. The summed E-state index contributed by atoms with van der Waals surface area (Å²) in [5.74, 6) is 1.21. The predicted molar refractivity (Wildman–Crippen MR) is 141 cm³/mol. The molecule has 1 saturated heterocycles. The summed E-state index contributed by atoms with van der Waals surface area (Å²) < 4.78 is 12.2. The van der Waals surface area contributed by atoms with Crippen molar-refractivity contribution < 1.29 is 14.3 Å². The lowest BCUT2D eigenvalue weighted by molar-refractivity contribution is -0.116. The number of fused-ring (bicyclic) bond motifs is 3. The van der Waals surface area contributed by atoms with E-state index in [0.717, 1.165) is 25.8 Å². The molecule has 8 heteroatoms. The van der Waals surface area contributed by atoms with Crippen molar-refractivity contribution in [3.05, 3.63) is 52.8 Å². The van der Waals surface area contributed by atoms with Crippen LogP contribution in [0.25, 0.3) is 11.0 Å². The van der Waals surface area contributed by atoms with Crippen molar-refractivity contribution in [1.29, 1.82) is 0 Å². The molecule has 2 aliphatic rings. The molecule has 2 heterocycles. The van der Waals surface area contributed by atoms with Crippen LogP contribution in [0.2, 0.25) is 0 Å². The lowest BCUT2D eigenvalue weighted by atomic mass is 9.65. The number of hydrogen-bond acceptors (Lipinski definition) is 6. The number of para-hydroxylation sites is 2. The molecule has 1 amide bonds. The third kappa shape index (κ3) is 4.40. The molecule has 2 unspecified atom stereocenters. The molecule has 2 bridgehead atoms. The number of rotatable bonds is 6. The van der Waals surface area contributed by atoms with Crippen molar-refractivity contribution in [3.8, 4) is 11.5 Å². The van der Waals surface area contributed by atoms with Gasteiger partial charge in [0.25, 0.3) is 5.56 Å². The summed E-state index contributed by atoms with van der Waals surface area (Å²) in [6, 6.07) is 12.9. The van der Waals surface area contributed by atoms with Crippen LogP contribution in [0.15, 0.2) is 47.3 Å². The van der Waals surface area contributed by atoms with E-state index in [-0.39, 0.29) is 34.9 Å². The molecule has 1 aliphatic carbocycles. The quantitative estimate of drug-likeness (QED) is 0.549. The number of anilines is 2. The van der Waals surface area contributed by atoms with E-state index in [1.54, 1.807) is 32.4 Å². The number of methoxy groups -OCH3 is 2. The van der Waals surface area contributed by atoms with Crippen molar-refractivity contribution in [3.63, 3.8) is 0 Å². The number of amides is 1. The van der Waals surface area contributed by atoms with E-state index in [4.69, 9.17) is 14.5 Å². The Morgan fingerprint density at radius 1 is 1.11 bits per heavy atom. The van der Waals surface area contributed by atoms with Crippen molar-refractivity contribution in [1.82, 2.24) is 9.55 Å². The number of carbonyl (C=O) groups excluding carboxylic acids is 1. The lowest BCUT2D eigenvalue weighted by Crippen LogP contribution is -2.39. The van der Waals surface area contributed by atoms with Gasteiger partial charge in [-0.2, -0.15) is 0 Å². The third-order valence-electron chi connectivity index (χ3n) is 7.50. The molecule has 0 radical (unpaired) electrons. The van der Waals surface area contributed by atoms with E-state index in [1.807, 2.05) is 24.3 Å². The molecule has 8 nitrogen and oxygen atoms in total. The van der Waals surface area contributed by atoms with E-state index >= 15 is 0 Å². The highest BCUT2D eigenvalue weighted by atomic mass is 16.5. The second-order valence-corrected chi connectivity index (χ2v) is 11.3. The van der Waals surface area contributed by atoms with Crippen molar-refractivity contribution in [2.75, 3.05) is 31.0 Å². The molecule has 2 aromatic carbocycles. The number of carbonyl (C=O) groups is 1. The first-order chi connectivity index (χ1) is 17.1. The van der Waals surface area contributed by atoms with Gasteiger partial charge in [-0.15, -0.1) is 0 Å². The van der Waals surface area contributed by atoms with Crippen LogP contribution in [-0.4, -0.2) is 42.3 Å². The Labute approximate surface area is 211 Å². The average molecular weight is 491 g/mol. The Bertz CT molecular complexity index is 1380. The fourth-order valence-corrected chi connectivity index (χ4v) is 6.48. The van der Waals surface area contributed by atoms with E-state index in [1.165, 1.54) is 4.57 Å². The molecule has 1 aromatic heterocycles. The van der Waals surface area contributed by atoms with Gasteiger partial charge in [0, 0.05) is 18.7 Å². The van der Waals surface area contributed by atoms with Crippen molar-refractivity contribution in [2.24, 2.45) is 10.8 Å². The van der Waals surface area contributed by atoms with E-state index < -0.39 is 0 Å². The predicted octanol–water partition coefficient (Wildman–Crippen LogP) is 4.46. The van der Waals surface area contributed by atoms with Crippen LogP contribution in [0.4, 0.5) is 11.5 Å². The number of aromatic nitrogens is 2. The zero-order valence-electron chi connectivity index (χ0n) is 21.6. The zero-order valence-corrected chi connectivity index (χ0v) is 21.6. The minimum absolute atomic E-state index is 0.142. The maximum absolute atomic E-state index is 13.9. The molecule has 3 aromatic rings. The summed E-state index contributed by atoms with van der Waals surface area (Å²) in [7, 11) is 3.10.